The molecule has 0 aromatic heterocycles. The highest BCUT2D eigenvalue weighted by atomic mass is 35.5. The molecule has 0 aliphatic rings. The van der Waals surface area contributed by atoms with Crippen LogP contribution in [0.2, 0.25) is 0 Å². The van der Waals surface area contributed by atoms with Crippen molar-refractivity contribution in [2.75, 3.05) is 12.5 Å². The van der Waals surface area contributed by atoms with E-state index in [-0.39, 0.29) is 5.75 Å². The lowest BCUT2D eigenvalue weighted by atomic mass is 10.1. The first-order valence-corrected chi connectivity index (χ1v) is 5.96. The molecule has 0 unspecified atom stereocenters. The highest BCUT2D eigenvalue weighted by Crippen LogP contribution is 2.25. The van der Waals surface area contributed by atoms with Gasteiger partial charge in [-0.05, 0) is 37.5 Å². The summed E-state index contributed by atoms with van der Waals surface area (Å²) in [5.74, 6) is 1.19. The van der Waals surface area contributed by atoms with Gasteiger partial charge in [0.05, 0.1) is 6.61 Å². The minimum atomic E-state index is -2.83. The molecule has 96 valence electrons. The highest BCUT2D eigenvalue weighted by molar-refractivity contribution is 6.17. The van der Waals surface area contributed by atoms with Crippen LogP contribution in [0.3, 0.4) is 0 Å². The van der Waals surface area contributed by atoms with Crippen LogP contribution in [0.25, 0.3) is 0 Å². The van der Waals surface area contributed by atoms with Gasteiger partial charge in [0.2, 0.25) is 0 Å². The average molecular weight is 265 g/mol. The highest BCUT2D eigenvalue weighted by Gasteiger charge is 2.08. The van der Waals surface area contributed by atoms with Crippen molar-refractivity contribution in [1.29, 1.82) is 0 Å². The van der Waals surface area contributed by atoms with Crippen LogP contribution in [-0.4, -0.2) is 19.1 Å². The second-order valence-corrected chi connectivity index (χ2v) is 3.79. The van der Waals surface area contributed by atoms with Gasteiger partial charge in [-0.2, -0.15) is 8.78 Å². The molecule has 0 N–H and O–H groups in total. The number of ether oxygens (including phenoxy) is 2. The molecule has 0 aliphatic heterocycles. The maximum absolute atomic E-state index is 12.1. The summed E-state index contributed by atoms with van der Waals surface area (Å²) in [4.78, 5) is 0. The number of benzene rings is 1. The van der Waals surface area contributed by atoms with E-state index < -0.39 is 6.61 Å². The maximum atomic E-state index is 12.1. The summed E-state index contributed by atoms with van der Waals surface area (Å²) in [5.41, 5.74) is 0.882. The number of aryl methyl sites for hydroxylation is 1. The fraction of sp³-hybridized carbons (Fsp3) is 0.500. The minimum absolute atomic E-state index is 0.121. The topological polar surface area (TPSA) is 18.5 Å². The van der Waals surface area contributed by atoms with E-state index in [1.807, 2.05) is 13.0 Å². The lowest BCUT2D eigenvalue weighted by molar-refractivity contribution is -0.0499. The van der Waals surface area contributed by atoms with Crippen LogP contribution in [-0.2, 0) is 6.42 Å². The molecule has 1 aromatic rings. The van der Waals surface area contributed by atoms with Crippen molar-refractivity contribution in [2.45, 2.75) is 26.4 Å². The molecule has 0 bridgehead atoms. The fourth-order valence-electron chi connectivity index (χ4n) is 1.47. The fourth-order valence-corrected chi connectivity index (χ4v) is 1.60. The van der Waals surface area contributed by atoms with Crippen molar-refractivity contribution in [3.05, 3.63) is 23.8 Å². The standard InChI is InChI=1S/C12H15ClF2O2/c1-2-16-10-6-9(4-3-5-13)7-11(8-10)17-12(14)15/h6-8,12H,2-5H2,1H3. The van der Waals surface area contributed by atoms with Gasteiger partial charge in [-0.3, -0.25) is 0 Å². The normalized spacial score (nSPS) is 10.6. The third-order valence-corrected chi connectivity index (χ3v) is 2.34. The first-order chi connectivity index (χ1) is 8.15. The zero-order valence-corrected chi connectivity index (χ0v) is 10.3. The average Bonchev–Trinajstić information content (AvgIpc) is 2.25. The van der Waals surface area contributed by atoms with Crippen LogP contribution in [0.5, 0.6) is 11.5 Å². The van der Waals surface area contributed by atoms with Crippen LogP contribution in [0.15, 0.2) is 18.2 Å². The summed E-state index contributed by atoms with van der Waals surface area (Å²) in [5, 5.41) is 0. The third kappa shape index (κ3) is 5.22. The molecule has 0 radical (unpaired) electrons. The summed E-state index contributed by atoms with van der Waals surface area (Å²) in [6.07, 6.45) is 1.50. The Morgan fingerprint density at radius 2 is 1.94 bits per heavy atom. The Hall–Kier alpha value is -1.03. The van der Waals surface area contributed by atoms with Gasteiger partial charge in [0.25, 0.3) is 0 Å². The summed E-state index contributed by atoms with van der Waals surface area (Å²) in [6.45, 7) is -0.514. The van der Waals surface area contributed by atoms with Gasteiger partial charge >= 0.3 is 6.61 Å². The Morgan fingerprint density at radius 3 is 2.53 bits per heavy atom. The van der Waals surface area contributed by atoms with Gasteiger partial charge in [-0.1, -0.05) is 0 Å². The molecule has 0 heterocycles. The zero-order valence-electron chi connectivity index (χ0n) is 9.59. The van der Waals surface area contributed by atoms with Gasteiger partial charge in [0.1, 0.15) is 11.5 Å². The molecule has 0 amide bonds. The second kappa shape index (κ2) is 7.33. The monoisotopic (exact) mass is 264 g/mol. The molecule has 17 heavy (non-hydrogen) atoms. The Labute approximate surface area is 104 Å². The molecule has 0 spiro atoms. The van der Waals surface area contributed by atoms with Crippen LogP contribution in [0, 0.1) is 0 Å². The third-order valence-electron chi connectivity index (χ3n) is 2.08. The van der Waals surface area contributed by atoms with E-state index in [0.29, 0.717) is 24.7 Å². The summed E-state index contributed by atoms with van der Waals surface area (Å²) in [6, 6.07) is 4.86. The van der Waals surface area contributed by atoms with Crippen LogP contribution in [0.4, 0.5) is 8.78 Å². The van der Waals surface area contributed by atoms with E-state index in [4.69, 9.17) is 16.3 Å². The van der Waals surface area contributed by atoms with E-state index in [1.165, 1.54) is 6.07 Å². The van der Waals surface area contributed by atoms with Crippen molar-refractivity contribution in [3.63, 3.8) is 0 Å². The SMILES string of the molecule is CCOc1cc(CCCCl)cc(OC(F)F)c1. The van der Waals surface area contributed by atoms with Crippen LogP contribution >= 0.6 is 11.6 Å². The number of halogens is 3. The predicted octanol–water partition coefficient (Wildman–Crippen LogP) is 3.86. The van der Waals surface area contributed by atoms with E-state index in [1.54, 1.807) is 6.07 Å². The molecule has 0 atom stereocenters. The van der Waals surface area contributed by atoms with Crippen LogP contribution in [0.1, 0.15) is 18.9 Å². The Morgan fingerprint density at radius 1 is 1.24 bits per heavy atom. The van der Waals surface area contributed by atoms with Gasteiger partial charge in [-0.15, -0.1) is 11.6 Å². The van der Waals surface area contributed by atoms with E-state index in [9.17, 15) is 8.78 Å². The largest absolute Gasteiger partial charge is 0.494 e. The quantitative estimate of drug-likeness (QED) is 0.696. The van der Waals surface area contributed by atoms with Gasteiger partial charge in [-0.25, -0.2) is 0 Å². The number of rotatable bonds is 7. The predicted molar refractivity (Wildman–Crippen MR) is 63.3 cm³/mol. The lowest BCUT2D eigenvalue weighted by Crippen LogP contribution is -2.03. The number of alkyl halides is 3. The molecule has 0 saturated heterocycles. The maximum Gasteiger partial charge on any atom is 0.387 e. The first kappa shape index (κ1) is 14.0. The number of hydrogen-bond donors (Lipinski definition) is 0. The second-order valence-electron chi connectivity index (χ2n) is 3.42. The van der Waals surface area contributed by atoms with Crippen molar-refractivity contribution in [2.24, 2.45) is 0 Å². The molecule has 5 heteroatoms. The molecule has 0 saturated carbocycles. The van der Waals surface area contributed by atoms with Crippen molar-refractivity contribution in [1.82, 2.24) is 0 Å². The van der Waals surface area contributed by atoms with Crippen molar-refractivity contribution >= 4 is 11.6 Å². The van der Waals surface area contributed by atoms with E-state index >= 15 is 0 Å². The van der Waals surface area contributed by atoms with Gasteiger partial charge < -0.3 is 9.47 Å². The zero-order chi connectivity index (χ0) is 12.7. The molecule has 2 nitrogen and oxygen atoms in total. The van der Waals surface area contributed by atoms with Gasteiger partial charge in [0.15, 0.2) is 0 Å². The molecule has 0 fully saturated rings. The summed E-state index contributed by atoms with van der Waals surface area (Å²) >= 11 is 5.59. The Balaban J connectivity index is 2.84. The molecular weight excluding hydrogens is 250 g/mol. The van der Waals surface area contributed by atoms with E-state index in [2.05, 4.69) is 4.74 Å². The van der Waals surface area contributed by atoms with E-state index in [0.717, 1.165) is 12.0 Å². The Bertz CT molecular complexity index is 345. The molecule has 1 rings (SSSR count). The smallest absolute Gasteiger partial charge is 0.387 e. The summed E-state index contributed by atoms with van der Waals surface area (Å²) in [7, 11) is 0. The minimum Gasteiger partial charge on any atom is -0.494 e. The molecule has 0 aliphatic carbocycles. The molecule has 1 aromatic carbocycles. The summed E-state index contributed by atoms with van der Waals surface area (Å²) < 4.78 is 33.9. The first-order valence-electron chi connectivity index (χ1n) is 5.43. The van der Waals surface area contributed by atoms with Crippen LogP contribution < -0.4 is 9.47 Å². The molecular formula is C12H15ClF2O2. The van der Waals surface area contributed by atoms with Crippen molar-refractivity contribution in [3.8, 4) is 11.5 Å². The van der Waals surface area contributed by atoms with Gasteiger partial charge in [0, 0.05) is 11.9 Å². The Kier molecular flexibility index (Phi) is 6.05. The van der Waals surface area contributed by atoms with Crippen molar-refractivity contribution < 1.29 is 18.3 Å². The number of hydrogen-bond acceptors (Lipinski definition) is 2. The lowest BCUT2D eigenvalue weighted by Gasteiger charge is -2.10.